The Kier molecular flexibility index (Phi) is 5.88. The fourth-order valence-electron chi connectivity index (χ4n) is 2.27. The quantitative estimate of drug-likeness (QED) is 0.797. The van der Waals surface area contributed by atoms with Crippen LogP contribution in [0.5, 0.6) is 0 Å². The van der Waals surface area contributed by atoms with Gasteiger partial charge in [0, 0.05) is 25.7 Å². The number of nitrogens with zero attached hydrogens (tertiary/aromatic N) is 1. The maximum Gasteiger partial charge on any atom is 0.407 e. The van der Waals surface area contributed by atoms with Crippen LogP contribution in [0.2, 0.25) is 0 Å². The number of rotatable bonds is 4. The van der Waals surface area contributed by atoms with E-state index < -0.39 is 5.60 Å². The highest BCUT2D eigenvalue weighted by Crippen LogP contribution is 2.16. The van der Waals surface area contributed by atoms with E-state index in [1.807, 2.05) is 20.8 Å². The third-order valence-corrected chi connectivity index (χ3v) is 3.05. The molecule has 0 saturated carbocycles. The molecule has 1 saturated heterocycles. The van der Waals surface area contributed by atoms with Gasteiger partial charge in [0.15, 0.2) is 0 Å². The molecule has 0 bridgehead atoms. The average molecular weight is 257 g/mol. The molecule has 5 heteroatoms. The maximum absolute atomic E-state index is 11.6. The van der Waals surface area contributed by atoms with Crippen molar-refractivity contribution in [1.82, 2.24) is 10.2 Å². The van der Waals surface area contributed by atoms with Gasteiger partial charge in [0.05, 0.1) is 0 Å². The highest BCUT2D eigenvalue weighted by molar-refractivity contribution is 5.67. The van der Waals surface area contributed by atoms with Gasteiger partial charge in [0.2, 0.25) is 0 Å². The first-order chi connectivity index (χ1) is 8.42. The first-order valence-electron chi connectivity index (χ1n) is 6.83. The number of nitrogens with one attached hydrogen (secondary N) is 1. The Balaban J connectivity index is 2.33. The Hall–Kier alpha value is -0.810. The molecule has 1 aliphatic heterocycles. The predicted octanol–water partition coefficient (Wildman–Crippen LogP) is 1.32. The predicted molar refractivity (Wildman–Crippen MR) is 72.5 cm³/mol. The first-order valence-corrected chi connectivity index (χ1v) is 6.83. The van der Waals surface area contributed by atoms with Crippen molar-refractivity contribution in [1.29, 1.82) is 0 Å². The molecule has 0 aliphatic carbocycles. The van der Waals surface area contributed by atoms with Crippen LogP contribution in [0.15, 0.2) is 0 Å². The van der Waals surface area contributed by atoms with Crippen LogP contribution in [0.1, 0.15) is 40.0 Å². The largest absolute Gasteiger partial charge is 0.444 e. The third kappa shape index (κ3) is 5.69. The smallest absolute Gasteiger partial charge is 0.407 e. The van der Waals surface area contributed by atoms with Crippen LogP contribution in [0, 0.1) is 0 Å². The highest BCUT2D eigenvalue weighted by atomic mass is 16.6. The van der Waals surface area contributed by atoms with Gasteiger partial charge in [-0.2, -0.15) is 0 Å². The zero-order valence-electron chi connectivity index (χ0n) is 11.9. The molecule has 1 atom stereocenters. The van der Waals surface area contributed by atoms with Gasteiger partial charge >= 0.3 is 6.09 Å². The topological polar surface area (TPSA) is 67.6 Å². The van der Waals surface area contributed by atoms with Gasteiger partial charge in [-0.15, -0.1) is 0 Å². The van der Waals surface area contributed by atoms with Crippen LogP contribution in [-0.4, -0.2) is 48.8 Å². The number of hydrogen-bond donors (Lipinski definition) is 2. The van der Waals surface area contributed by atoms with Crippen molar-refractivity contribution in [3.63, 3.8) is 0 Å². The van der Waals surface area contributed by atoms with E-state index in [1.165, 1.54) is 12.8 Å². The van der Waals surface area contributed by atoms with Crippen LogP contribution in [-0.2, 0) is 4.74 Å². The SMILES string of the molecule is CC(C)(C)OC(=O)NC[C@H]1CCCCN1CCN. The van der Waals surface area contributed by atoms with Crippen LogP contribution >= 0.6 is 0 Å². The van der Waals surface area contributed by atoms with Gasteiger partial charge < -0.3 is 15.8 Å². The molecule has 1 amide bonds. The molecule has 0 aromatic heterocycles. The molecule has 3 N–H and O–H groups in total. The van der Waals surface area contributed by atoms with E-state index in [4.69, 9.17) is 10.5 Å². The minimum absolute atomic E-state index is 0.333. The summed E-state index contributed by atoms with van der Waals surface area (Å²) in [7, 11) is 0. The molecule has 1 rings (SSSR count). The molecule has 0 aromatic rings. The number of alkyl carbamates (subject to hydrolysis) is 1. The summed E-state index contributed by atoms with van der Waals surface area (Å²) in [6, 6.07) is 0.398. The molecular formula is C13H27N3O2. The summed E-state index contributed by atoms with van der Waals surface area (Å²) in [4.78, 5) is 14.0. The van der Waals surface area contributed by atoms with Gasteiger partial charge in [-0.1, -0.05) is 6.42 Å². The number of carbonyl (C=O) groups excluding carboxylic acids is 1. The molecule has 18 heavy (non-hydrogen) atoms. The summed E-state index contributed by atoms with van der Waals surface area (Å²) in [5, 5.41) is 2.85. The normalized spacial score (nSPS) is 21.7. The molecule has 0 radical (unpaired) electrons. The molecule has 1 aliphatic rings. The lowest BCUT2D eigenvalue weighted by molar-refractivity contribution is 0.0496. The van der Waals surface area contributed by atoms with Crippen LogP contribution < -0.4 is 11.1 Å². The van der Waals surface area contributed by atoms with Gasteiger partial charge in [-0.25, -0.2) is 4.79 Å². The summed E-state index contributed by atoms with van der Waals surface area (Å²) >= 11 is 0. The summed E-state index contributed by atoms with van der Waals surface area (Å²) in [5.74, 6) is 0. The molecule has 5 nitrogen and oxygen atoms in total. The van der Waals surface area contributed by atoms with E-state index >= 15 is 0 Å². The zero-order valence-corrected chi connectivity index (χ0v) is 11.9. The number of likely N-dealkylation sites (tertiary alicyclic amines) is 1. The van der Waals surface area contributed by atoms with Crippen molar-refractivity contribution in [3.05, 3.63) is 0 Å². The minimum atomic E-state index is -0.437. The molecule has 106 valence electrons. The lowest BCUT2D eigenvalue weighted by atomic mass is 10.0. The van der Waals surface area contributed by atoms with Crippen molar-refractivity contribution in [2.24, 2.45) is 5.73 Å². The molecule has 0 aromatic carbocycles. The summed E-state index contributed by atoms with van der Waals surface area (Å²) in [6.45, 7) is 8.91. The highest BCUT2D eigenvalue weighted by Gasteiger charge is 2.23. The molecule has 1 heterocycles. The van der Waals surface area contributed by atoms with Crippen molar-refractivity contribution in [3.8, 4) is 0 Å². The number of piperidine rings is 1. The summed E-state index contributed by atoms with van der Waals surface area (Å²) in [6.07, 6.45) is 3.24. The Morgan fingerprint density at radius 2 is 2.17 bits per heavy atom. The number of ether oxygens (including phenoxy) is 1. The molecule has 0 unspecified atom stereocenters. The van der Waals surface area contributed by atoms with Crippen LogP contribution in [0.25, 0.3) is 0 Å². The lowest BCUT2D eigenvalue weighted by Crippen LogP contribution is -2.48. The summed E-state index contributed by atoms with van der Waals surface area (Å²) in [5.41, 5.74) is 5.17. The fraction of sp³-hybridized carbons (Fsp3) is 0.923. The lowest BCUT2D eigenvalue weighted by Gasteiger charge is -2.35. The zero-order chi connectivity index (χ0) is 13.6. The van der Waals surface area contributed by atoms with E-state index in [1.54, 1.807) is 0 Å². The Morgan fingerprint density at radius 1 is 1.44 bits per heavy atom. The standard InChI is InChI=1S/C13H27N3O2/c1-13(2,3)18-12(17)15-10-11-6-4-5-8-16(11)9-7-14/h11H,4-10,14H2,1-3H3,(H,15,17)/t11-/m1/s1. The number of nitrogens with two attached hydrogens (primary N) is 1. The summed E-state index contributed by atoms with van der Waals surface area (Å²) < 4.78 is 5.23. The van der Waals surface area contributed by atoms with E-state index in [9.17, 15) is 4.79 Å². The van der Waals surface area contributed by atoms with E-state index in [0.717, 1.165) is 19.5 Å². The number of amides is 1. The molecule has 0 spiro atoms. The van der Waals surface area contributed by atoms with Crippen molar-refractivity contribution < 1.29 is 9.53 Å². The van der Waals surface area contributed by atoms with Gasteiger partial charge in [0.1, 0.15) is 5.60 Å². The second-order valence-corrected chi connectivity index (χ2v) is 5.86. The Labute approximate surface area is 110 Å². The number of hydrogen-bond acceptors (Lipinski definition) is 4. The van der Waals surface area contributed by atoms with Gasteiger partial charge in [0.25, 0.3) is 0 Å². The second kappa shape index (κ2) is 6.95. The van der Waals surface area contributed by atoms with E-state index in [2.05, 4.69) is 10.2 Å². The fourth-order valence-corrected chi connectivity index (χ4v) is 2.27. The van der Waals surface area contributed by atoms with Crippen molar-refractivity contribution in [2.45, 2.75) is 51.7 Å². The molecule has 1 fully saturated rings. The van der Waals surface area contributed by atoms with Crippen LogP contribution in [0.4, 0.5) is 4.79 Å². The first kappa shape index (κ1) is 15.2. The van der Waals surface area contributed by atoms with Crippen molar-refractivity contribution >= 4 is 6.09 Å². The average Bonchev–Trinajstić information content (AvgIpc) is 2.26. The molecular weight excluding hydrogens is 230 g/mol. The minimum Gasteiger partial charge on any atom is -0.444 e. The number of carbonyl (C=O) groups is 1. The maximum atomic E-state index is 11.6. The third-order valence-electron chi connectivity index (χ3n) is 3.05. The van der Waals surface area contributed by atoms with Crippen molar-refractivity contribution in [2.75, 3.05) is 26.2 Å². The van der Waals surface area contributed by atoms with E-state index in [-0.39, 0.29) is 6.09 Å². The van der Waals surface area contributed by atoms with Gasteiger partial charge in [-0.05, 0) is 40.2 Å². The Bertz CT molecular complexity index is 261. The Morgan fingerprint density at radius 3 is 2.78 bits per heavy atom. The monoisotopic (exact) mass is 257 g/mol. The van der Waals surface area contributed by atoms with Crippen LogP contribution in [0.3, 0.4) is 0 Å². The van der Waals surface area contributed by atoms with Gasteiger partial charge in [-0.3, -0.25) is 4.90 Å². The second-order valence-electron chi connectivity index (χ2n) is 5.86. The van der Waals surface area contributed by atoms with E-state index in [0.29, 0.717) is 19.1 Å².